The van der Waals surface area contributed by atoms with Gasteiger partial charge in [-0.05, 0) is 63.1 Å². The number of nitrogens with one attached hydrogen (secondary N) is 1. The molecule has 0 bridgehead atoms. The van der Waals surface area contributed by atoms with Crippen molar-refractivity contribution in [1.82, 2.24) is 5.32 Å². The van der Waals surface area contributed by atoms with Gasteiger partial charge in [0.25, 0.3) is 0 Å². The van der Waals surface area contributed by atoms with Crippen LogP contribution in [0.5, 0.6) is 0 Å². The van der Waals surface area contributed by atoms with Crippen LogP contribution in [0.15, 0.2) is 0 Å². The topological polar surface area (TPSA) is 38.0 Å². The van der Waals surface area contributed by atoms with Gasteiger partial charge in [-0.25, -0.2) is 0 Å². The van der Waals surface area contributed by atoms with Gasteiger partial charge in [0.2, 0.25) is 0 Å². The molecule has 0 saturated carbocycles. The van der Waals surface area contributed by atoms with Crippen molar-refractivity contribution >= 4 is 0 Å². The van der Waals surface area contributed by atoms with E-state index in [-0.39, 0.29) is 11.8 Å². The summed E-state index contributed by atoms with van der Waals surface area (Å²) in [4.78, 5) is 0. The minimum Gasteiger partial charge on any atom is -0.330 e. The first-order chi connectivity index (χ1) is 9.17. The third-order valence-corrected chi connectivity index (χ3v) is 3.71. The van der Waals surface area contributed by atoms with Gasteiger partial charge in [-0.2, -0.15) is 13.2 Å². The highest BCUT2D eigenvalue weighted by molar-refractivity contribution is 4.74. The second-order valence-corrected chi connectivity index (χ2v) is 6.60. The van der Waals surface area contributed by atoms with Crippen LogP contribution in [0.25, 0.3) is 0 Å². The Kier molecular flexibility index (Phi) is 9.47. The molecule has 0 aromatic carbocycles. The van der Waals surface area contributed by atoms with E-state index in [2.05, 4.69) is 26.1 Å². The maximum atomic E-state index is 11.9. The van der Waals surface area contributed by atoms with Gasteiger partial charge in [-0.1, -0.05) is 20.8 Å². The van der Waals surface area contributed by atoms with Gasteiger partial charge in [-0.3, -0.25) is 0 Å². The lowest BCUT2D eigenvalue weighted by atomic mass is 9.76. The Hall–Kier alpha value is -0.290. The molecule has 20 heavy (non-hydrogen) atoms. The lowest BCUT2D eigenvalue weighted by Crippen LogP contribution is -2.25. The summed E-state index contributed by atoms with van der Waals surface area (Å²) >= 11 is 0. The van der Waals surface area contributed by atoms with Crippen molar-refractivity contribution in [3.05, 3.63) is 0 Å². The van der Waals surface area contributed by atoms with Crippen molar-refractivity contribution in [3.63, 3.8) is 0 Å². The van der Waals surface area contributed by atoms with E-state index < -0.39 is 12.6 Å². The van der Waals surface area contributed by atoms with Crippen molar-refractivity contribution in [2.75, 3.05) is 19.6 Å². The summed E-state index contributed by atoms with van der Waals surface area (Å²) in [5.74, 6) is 0.611. The zero-order valence-corrected chi connectivity index (χ0v) is 13.2. The largest absolute Gasteiger partial charge is 0.389 e. The van der Waals surface area contributed by atoms with Gasteiger partial charge < -0.3 is 11.1 Å². The Morgan fingerprint density at radius 1 is 0.950 bits per heavy atom. The Balaban J connectivity index is 3.55. The first-order valence-corrected chi connectivity index (χ1v) is 7.64. The number of halogens is 3. The maximum Gasteiger partial charge on any atom is 0.389 e. The summed E-state index contributed by atoms with van der Waals surface area (Å²) in [6, 6.07) is 0. The molecule has 0 aliphatic heterocycles. The predicted molar refractivity (Wildman–Crippen MR) is 78.6 cm³/mol. The van der Waals surface area contributed by atoms with Crippen LogP contribution < -0.4 is 11.1 Å². The maximum absolute atomic E-state index is 11.9. The van der Waals surface area contributed by atoms with E-state index in [1.807, 2.05) is 0 Å². The molecule has 0 radical (unpaired) electrons. The van der Waals surface area contributed by atoms with Gasteiger partial charge in [0, 0.05) is 6.42 Å². The molecule has 0 aromatic rings. The Bertz CT molecular complexity index is 234. The van der Waals surface area contributed by atoms with Crippen LogP contribution in [0.2, 0.25) is 0 Å². The average Bonchev–Trinajstić information content (AvgIpc) is 2.28. The number of unbranched alkanes of at least 4 members (excludes halogenated alkanes) is 1. The summed E-state index contributed by atoms with van der Waals surface area (Å²) in [5.41, 5.74) is 5.91. The Labute approximate surface area is 121 Å². The normalized spacial score (nSPS) is 14.6. The van der Waals surface area contributed by atoms with E-state index in [9.17, 15) is 13.2 Å². The van der Waals surface area contributed by atoms with Crippen molar-refractivity contribution in [2.45, 2.75) is 65.5 Å². The van der Waals surface area contributed by atoms with Crippen LogP contribution in [-0.4, -0.2) is 25.8 Å². The first-order valence-electron chi connectivity index (χ1n) is 7.64. The predicted octanol–water partition coefficient (Wildman–Crippen LogP) is 4.10. The quantitative estimate of drug-likeness (QED) is 0.596. The second-order valence-electron chi connectivity index (χ2n) is 6.60. The molecule has 0 aliphatic carbocycles. The average molecular weight is 296 g/mol. The fourth-order valence-electron chi connectivity index (χ4n) is 2.39. The zero-order chi connectivity index (χ0) is 15.6. The van der Waals surface area contributed by atoms with Crippen LogP contribution >= 0.6 is 0 Å². The highest BCUT2D eigenvalue weighted by Crippen LogP contribution is 2.31. The van der Waals surface area contributed by atoms with E-state index in [1.54, 1.807) is 0 Å². The smallest absolute Gasteiger partial charge is 0.330 e. The fraction of sp³-hybridized carbons (Fsp3) is 1.00. The summed E-state index contributed by atoms with van der Waals surface area (Å²) in [5, 5.41) is 3.22. The van der Waals surface area contributed by atoms with Gasteiger partial charge in [-0.15, -0.1) is 0 Å². The number of hydrogen-bond donors (Lipinski definition) is 2. The fourth-order valence-corrected chi connectivity index (χ4v) is 2.39. The van der Waals surface area contributed by atoms with Crippen molar-refractivity contribution < 1.29 is 13.2 Å². The number of rotatable bonds is 10. The molecule has 0 aromatic heterocycles. The third-order valence-electron chi connectivity index (χ3n) is 3.71. The minimum absolute atomic E-state index is 0.217. The Morgan fingerprint density at radius 3 is 2.05 bits per heavy atom. The van der Waals surface area contributed by atoms with E-state index in [0.717, 1.165) is 25.8 Å². The van der Waals surface area contributed by atoms with Crippen LogP contribution in [0, 0.1) is 11.3 Å². The molecular weight excluding hydrogens is 265 g/mol. The van der Waals surface area contributed by atoms with Gasteiger partial charge in [0.05, 0.1) is 0 Å². The molecular formula is C15H31F3N2. The van der Waals surface area contributed by atoms with Crippen LogP contribution in [0.1, 0.15) is 59.3 Å². The lowest BCUT2D eigenvalue weighted by Gasteiger charge is -2.30. The summed E-state index contributed by atoms with van der Waals surface area (Å²) < 4.78 is 35.8. The van der Waals surface area contributed by atoms with Crippen LogP contribution in [0.3, 0.4) is 0 Å². The van der Waals surface area contributed by atoms with Gasteiger partial charge in [0.15, 0.2) is 0 Å². The molecule has 1 atom stereocenters. The SMILES string of the molecule is CC(C)(C)C(CCN)CCCNCCCCC(F)(F)F. The number of alkyl halides is 3. The lowest BCUT2D eigenvalue weighted by molar-refractivity contribution is -0.135. The van der Waals surface area contributed by atoms with E-state index >= 15 is 0 Å². The molecule has 0 spiro atoms. The highest BCUT2D eigenvalue weighted by atomic mass is 19.4. The zero-order valence-electron chi connectivity index (χ0n) is 13.2. The molecule has 5 heteroatoms. The van der Waals surface area contributed by atoms with Gasteiger partial charge >= 0.3 is 6.18 Å². The van der Waals surface area contributed by atoms with Crippen molar-refractivity contribution in [2.24, 2.45) is 17.1 Å². The second kappa shape index (κ2) is 9.61. The molecule has 1 unspecified atom stereocenters. The summed E-state index contributed by atoms with van der Waals surface area (Å²) in [7, 11) is 0. The molecule has 2 nitrogen and oxygen atoms in total. The van der Waals surface area contributed by atoms with Crippen LogP contribution in [-0.2, 0) is 0 Å². The number of hydrogen-bond acceptors (Lipinski definition) is 2. The monoisotopic (exact) mass is 296 g/mol. The molecule has 3 N–H and O–H groups in total. The molecule has 0 fully saturated rings. The number of nitrogens with two attached hydrogens (primary N) is 1. The Morgan fingerprint density at radius 2 is 1.55 bits per heavy atom. The molecule has 0 aliphatic rings. The first kappa shape index (κ1) is 19.7. The molecule has 0 amide bonds. The van der Waals surface area contributed by atoms with Crippen molar-refractivity contribution in [1.29, 1.82) is 0 Å². The third kappa shape index (κ3) is 11.5. The molecule has 122 valence electrons. The van der Waals surface area contributed by atoms with E-state index in [0.29, 0.717) is 25.4 Å². The minimum atomic E-state index is -4.01. The van der Waals surface area contributed by atoms with E-state index in [4.69, 9.17) is 5.73 Å². The van der Waals surface area contributed by atoms with Crippen LogP contribution in [0.4, 0.5) is 13.2 Å². The summed E-state index contributed by atoms with van der Waals surface area (Å²) in [6.07, 6.45) is -0.661. The molecule has 0 heterocycles. The summed E-state index contributed by atoms with van der Waals surface area (Å²) in [6.45, 7) is 8.97. The van der Waals surface area contributed by atoms with Gasteiger partial charge in [0.1, 0.15) is 0 Å². The highest BCUT2D eigenvalue weighted by Gasteiger charge is 2.25. The molecule has 0 rings (SSSR count). The standard InChI is InChI=1S/C15H31F3N2/c1-14(2,3)13(8-10-19)7-6-12-20-11-5-4-9-15(16,17)18/h13,20H,4-12,19H2,1-3H3. The van der Waals surface area contributed by atoms with Crippen molar-refractivity contribution in [3.8, 4) is 0 Å². The molecule has 0 saturated heterocycles. The van der Waals surface area contributed by atoms with E-state index in [1.165, 1.54) is 0 Å².